The van der Waals surface area contributed by atoms with Crippen molar-refractivity contribution in [2.75, 3.05) is 7.11 Å². The van der Waals surface area contributed by atoms with Gasteiger partial charge in [0.15, 0.2) is 5.11 Å². The standard InChI is InChI=1S/C17H19N3O2S/c1-17(2,3)14-12(9-18)13(19-16(23)20-14)10-5-7-11(8-6-10)15(21)22-4/h5-8,13H,1-4H3,(H2,19,20,23)/t13-/m1/s1. The fourth-order valence-electron chi connectivity index (χ4n) is 2.46. The van der Waals surface area contributed by atoms with E-state index < -0.39 is 5.97 Å². The van der Waals surface area contributed by atoms with E-state index in [1.54, 1.807) is 24.3 Å². The van der Waals surface area contributed by atoms with Crippen LogP contribution in [0.15, 0.2) is 35.5 Å². The molecule has 1 aromatic rings. The second kappa shape index (κ2) is 6.39. The van der Waals surface area contributed by atoms with Crippen LogP contribution < -0.4 is 10.6 Å². The van der Waals surface area contributed by atoms with Crippen molar-refractivity contribution in [2.24, 2.45) is 5.41 Å². The highest BCUT2D eigenvalue weighted by Crippen LogP contribution is 2.34. The fourth-order valence-corrected chi connectivity index (χ4v) is 2.68. The Balaban J connectivity index is 2.46. The minimum atomic E-state index is -0.392. The van der Waals surface area contributed by atoms with Crippen LogP contribution >= 0.6 is 12.2 Å². The van der Waals surface area contributed by atoms with Crippen molar-refractivity contribution in [3.05, 3.63) is 46.7 Å². The number of nitrogens with one attached hydrogen (secondary N) is 2. The number of rotatable bonds is 2. The zero-order valence-electron chi connectivity index (χ0n) is 13.6. The molecule has 1 atom stereocenters. The van der Waals surface area contributed by atoms with E-state index in [9.17, 15) is 10.1 Å². The molecule has 1 aliphatic rings. The van der Waals surface area contributed by atoms with Gasteiger partial charge in [0.1, 0.15) is 0 Å². The molecule has 0 fully saturated rings. The number of allylic oxidation sites excluding steroid dienone is 1. The first-order valence-electron chi connectivity index (χ1n) is 7.18. The van der Waals surface area contributed by atoms with E-state index >= 15 is 0 Å². The first-order valence-corrected chi connectivity index (χ1v) is 7.59. The Morgan fingerprint density at radius 3 is 2.39 bits per heavy atom. The molecule has 0 radical (unpaired) electrons. The Morgan fingerprint density at radius 2 is 1.91 bits per heavy atom. The third kappa shape index (κ3) is 3.51. The molecule has 0 spiro atoms. The molecule has 0 aliphatic carbocycles. The average molecular weight is 329 g/mol. The van der Waals surface area contributed by atoms with Gasteiger partial charge in [0.05, 0.1) is 30.4 Å². The lowest BCUT2D eigenvalue weighted by atomic mass is 9.84. The van der Waals surface area contributed by atoms with E-state index in [-0.39, 0.29) is 11.5 Å². The minimum Gasteiger partial charge on any atom is -0.465 e. The highest BCUT2D eigenvalue weighted by molar-refractivity contribution is 7.80. The van der Waals surface area contributed by atoms with Crippen molar-refractivity contribution in [3.8, 4) is 6.07 Å². The van der Waals surface area contributed by atoms with Gasteiger partial charge in [0.2, 0.25) is 0 Å². The quantitative estimate of drug-likeness (QED) is 0.642. The van der Waals surface area contributed by atoms with Gasteiger partial charge in [-0.25, -0.2) is 4.79 Å². The number of esters is 1. The second-order valence-corrected chi connectivity index (χ2v) is 6.70. The van der Waals surface area contributed by atoms with Crippen LogP contribution in [-0.2, 0) is 4.74 Å². The van der Waals surface area contributed by atoms with E-state index in [1.165, 1.54) is 7.11 Å². The predicted octanol–water partition coefficient (Wildman–Crippen LogP) is 2.82. The third-order valence-electron chi connectivity index (χ3n) is 3.61. The summed E-state index contributed by atoms with van der Waals surface area (Å²) in [6, 6.07) is 8.91. The Bertz CT molecular complexity index is 709. The normalized spacial score (nSPS) is 17.9. The number of carbonyl (C=O) groups is 1. The minimum absolute atomic E-state index is 0.235. The van der Waals surface area contributed by atoms with Crippen LogP contribution in [0.1, 0.15) is 42.7 Å². The van der Waals surface area contributed by atoms with E-state index in [2.05, 4.69) is 16.7 Å². The number of benzene rings is 1. The van der Waals surface area contributed by atoms with Crippen molar-refractivity contribution < 1.29 is 9.53 Å². The SMILES string of the molecule is COC(=O)c1ccc([C@H]2NC(=S)NC(C(C)(C)C)=C2C#N)cc1. The maximum Gasteiger partial charge on any atom is 0.337 e. The maximum absolute atomic E-state index is 11.5. The van der Waals surface area contributed by atoms with Gasteiger partial charge in [0.25, 0.3) is 0 Å². The molecule has 2 N–H and O–H groups in total. The molecule has 23 heavy (non-hydrogen) atoms. The van der Waals surface area contributed by atoms with Gasteiger partial charge < -0.3 is 15.4 Å². The summed E-state index contributed by atoms with van der Waals surface area (Å²) >= 11 is 5.28. The lowest BCUT2D eigenvalue weighted by molar-refractivity contribution is 0.0600. The first kappa shape index (κ1) is 17.0. The Morgan fingerprint density at radius 1 is 1.30 bits per heavy atom. The molecular weight excluding hydrogens is 310 g/mol. The molecule has 0 unspecified atom stereocenters. The van der Waals surface area contributed by atoms with E-state index in [4.69, 9.17) is 17.0 Å². The van der Waals surface area contributed by atoms with Gasteiger partial charge in [-0.3, -0.25) is 0 Å². The van der Waals surface area contributed by atoms with Crippen molar-refractivity contribution in [1.82, 2.24) is 10.6 Å². The zero-order chi connectivity index (χ0) is 17.2. The topological polar surface area (TPSA) is 74.2 Å². The molecule has 6 heteroatoms. The summed E-state index contributed by atoms with van der Waals surface area (Å²) in [7, 11) is 1.34. The van der Waals surface area contributed by atoms with Crippen molar-refractivity contribution in [1.29, 1.82) is 5.26 Å². The summed E-state index contributed by atoms with van der Waals surface area (Å²) in [5.74, 6) is -0.392. The molecule has 0 bridgehead atoms. The van der Waals surface area contributed by atoms with Crippen molar-refractivity contribution >= 4 is 23.3 Å². The fraction of sp³-hybridized carbons (Fsp3) is 0.353. The van der Waals surface area contributed by atoms with Crippen LogP contribution in [0.3, 0.4) is 0 Å². The van der Waals surface area contributed by atoms with Gasteiger partial charge in [0, 0.05) is 11.1 Å². The number of nitriles is 1. The molecule has 0 saturated carbocycles. The number of carbonyl (C=O) groups excluding carboxylic acids is 1. The van der Waals surface area contributed by atoms with Gasteiger partial charge in [-0.05, 0) is 29.9 Å². The summed E-state index contributed by atoms with van der Waals surface area (Å²) in [6.07, 6.45) is 0. The van der Waals surface area contributed by atoms with Gasteiger partial charge >= 0.3 is 5.97 Å². The highest BCUT2D eigenvalue weighted by atomic mass is 32.1. The molecule has 1 aromatic carbocycles. The number of nitrogens with zero attached hydrogens (tertiary/aromatic N) is 1. The van der Waals surface area contributed by atoms with E-state index in [0.29, 0.717) is 16.2 Å². The summed E-state index contributed by atoms with van der Waals surface area (Å²) in [4.78, 5) is 11.5. The van der Waals surface area contributed by atoms with Crippen molar-refractivity contribution in [2.45, 2.75) is 26.8 Å². The number of thiocarbonyl (C=S) groups is 1. The summed E-state index contributed by atoms with van der Waals surface area (Å²) in [6.45, 7) is 6.08. The second-order valence-electron chi connectivity index (χ2n) is 6.30. The zero-order valence-corrected chi connectivity index (χ0v) is 14.4. The molecule has 0 saturated heterocycles. The van der Waals surface area contributed by atoms with Crippen LogP contribution in [-0.4, -0.2) is 18.2 Å². The molecule has 1 heterocycles. The highest BCUT2D eigenvalue weighted by Gasteiger charge is 2.32. The molecular formula is C17H19N3O2S. The summed E-state index contributed by atoms with van der Waals surface area (Å²) in [5.41, 5.74) is 2.50. The summed E-state index contributed by atoms with van der Waals surface area (Å²) in [5, 5.41) is 16.3. The lowest BCUT2D eigenvalue weighted by Gasteiger charge is -2.34. The average Bonchev–Trinajstić information content (AvgIpc) is 2.52. The molecule has 1 aliphatic heterocycles. The number of ether oxygens (including phenoxy) is 1. The van der Waals surface area contributed by atoms with Crippen LogP contribution in [0.2, 0.25) is 0 Å². The molecule has 0 aromatic heterocycles. The summed E-state index contributed by atoms with van der Waals surface area (Å²) < 4.78 is 4.70. The number of methoxy groups -OCH3 is 1. The van der Waals surface area contributed by atoms with Crippen LogP contribution in [0, 0.1) is 16.7 Å². The van der Waals surface area contributed by atoms with Crippen LogP contribution in [0.25, 0.3) is 0 Å². The van der Waals surface area contributed by atoms with Crippen LogP contribution in [0.5, 0.6) is 0 Å². The Kier molecular flexibility index (Phi) is 4.71. The van der Waals surface area contributed by atoms with Gasteiger partial charge in [-0.1, -0.05) is 32.9 Å². The van der Waals surface area contributed by atoms with E-state index in [1.807, 2.05) is 20.8 Å². The Hall–Kier alpha value is -2.39. The predicted molar refractivity (Wildman–Crippen MR) is 91.5 cm³/mol. The van der Waals surface area contributed by atoms with Gasteiger partial charge in [-0.15, -0.1) is 0 Å². The number of hydrogen-bond acceptors (Lipinski definition) is 4. The third-order valence-corrected chi connectivity index (χ3v) is 3.83. The van der Waals surface area contributed by atoms with Gasteiger partial charge in [-0.2, -0.15) is 5.26 Å². The van der Waals surface area contributed by atoms with E-state index in [0.717, 1.165) is 11.3 Å². The molecule has 120 valence electrons. The Labute approximate surface area is 141 Å². The molecule has 5 nitrogen and oxygen atoms in total. The molecule has 0 amide bonds. The maximum atomic E-state index is 11.5. The largest absolute Gasteiger partial charge is 0.465 e. The molecule has 2 rings (SSSR count). The van der Waals surface area contributed by atoms with Crippen LogP contribution in [0.4, 0.5) is 0 Å². The number of hydrogen-bond donors (Lipinski definition) is 2. The van der Waals surface area contributed by atoms with Crippen molar-refractivity contribution in [3.63, 3.8) is 0 Å². The lowest BCUT2D eigenvalue weighted by Crippen LogP contribution is -2.46. The monoisotopic (exact) mass is 329 g/mol. The first-order chi connectivity index (χ1) is 10.8. The smallest absolute Gasteiger partial charge is 0.337 e.